The number of thiophene rings is 1. The number of nitrogens with one attached hydrogen (secondary N) is 1. The minimum Gasteiger partial charge on any atom is -0.320 e. The number of hydrogen-bond acceptors (Lipinski definition) is 4. The Morgan fingerprint density at radius 1 is 1.26 bits per heavy atom. The summed E-state index contributed by atoms with van der Waals surface area (Å²) in [5.41, 5.74) is 0.287. The molecule has 1 heterocycles. The Kier molecular flexibility index (Phi) is 4.07. The lowest BCUT2D eigenvalue weighted by Gasteiger charge is -2.08. The van der Waals surface area contributed by atoms with Crippen molar-refractivity contribution in [2.45, 2.75) is 4.90 Å². The van der Waals surface area contributed by atoms with E-state index in [1.807, 2.05) is 0 Å². The van der Waals surface area contributed by atoms with E-state index in [9.17, 15) is 13.2 Å². The van der Waals surface area contributed by atoms with E-state index in [-0.39, 0.29) is 16.5 Å². The molecule has 0 aliphatic heterocycles. The van der Waals surface area contributed by atoms with Crippen LogP contribution in [-0.4, -0.2) is 20.6 Å². The number of amides is 1. The molecule has 0 aliphatic carbocycles. The van der Waals surface area contributed by atoms with Crippen LogP contribution in [0.2, 0.25) is 0 Å². The summed E-state index contributed by atoms with van der Waals surface area (Å²) in [7, 11) is -3.38. The normalized spacial score (nSPS) is 11.3. The molecule has 4 nitrogen and oxygen atoms in total. The molecule has 2 rings (SSSR count). The lowest BCUT2D eigenvalue weighted by Crippen LogP contribution is -2.13. The second-order valence-electron chi connectivity index (χ2n) is 3.82. The Hall–Kier alpha value is -1.18. The monoisotopic (exact) mass is 359 g/mol. The van der Waals surface area contributed by atoms with Crippen LogP contribution in [0.25, 0.3) is 0 Å². The summed E-state index contributed by atoms with van der Waals surface area (Å²) in [6.45, 7) is 0. The number of hydrogen-bond donors (Lipinski definition) is 1. The summed E-state index contributed by atoms with van der Waals surface area (Å²) >= 11 is 4.55. The molecule has 0 spiro atoms. The SMILES string of the molecule is CS(=O)(=O)c1ccccc1NC(=O)c1sccc1Br. The molecule has 100 valence electrons. The molecule has 0 saturated carbocycles. The molecule has 0 bridgehead atoms. The first-order valence-electron chi connectivity index (χ1n) is 5.23. The van der Waals surface area contributed by atoms with Gasteiger partial charge in [0.1, 0.15) is 4.88 Å². The summed E-state index contributed by atoms with van der Waals surface area (Å²) in [4.78, 5) is 12.7. The van der Waals surface area contributed by atoms with Gasteiger partial charge in [-0.1, -0.05) is 12.1 Å². The van der Waals surface area contributed by atoms with E-state index in [2.05, 4.69) is 21.2 Å². The van der Waals surface area contributed by atoms with E-state index in [1.165, 1.54) is 17.4 Å². The molecule has 1 N–H and O–H groups in total. The van der Waals surface area contributed by atoms with E-state index in [0.29, 0.717) is 9.35 Å². The van der Waals surface area contributed by atoms with Crippen molar-refractivity contribution in [2.24, 2.45) is 0 Å². The topological polar surface area (TPSA) is 63.2 Å². The van der Waals surface area contributed by atoms with E-state index < -0.39 is 9.84 Å². The minimum absolute atomic E-state index is 0.107. The lowest BCUT2D eigenvalue weighted by atomic mass is 10.3. The maximum absolute atomic E-state index is 12.0. The highest BCUT2D eigenvalue weighted by atomic mass is 79.9. The number of sulfone groups is 1. The highest BCUT2D eigenvalue weighted by Gasteiger charge is 2.17. The highest BCUT2D eigenvalue weighted by Crippen LogP contribution is 2.26. The summed E-state index contributed by atoms with van der Waals surface area (Å²) in [6, 6.07) is 8.09. The van der Waals surface area contributed by atoms with Gasteiger partial charge in [-0.25, -0.2) is 8.42 Å². The van der Waals surface area contributed by atoms with Gasteiger partial charge in [-0.05, 0) is 39.5 Å². The van der Waals surface area contributed by atoms with Crippen molar-refractivity contribution in [2.75, 3.05) is 11.6 Å². The first-order chi connectivity index (χ1) is 8.89. The van der Waals surface area contributed by atoms with E-state index in [0.717, 1.165) is 6.26 Å². The van der Waals surface area contributed by atoms with Crippen molar-refractivity contribution in [1.82, 2.24) is 0 Å². The molecule has 19 heavy (non-hydrogen) atoms. The average Bonchev–Trinajstić information content (AvgIpc) is 2.75. The third kappa shape index (κ3) is 3.23. The Labute approximate surface area is 123 Å². The van der Waals surface area contributed by atoms with Gasteiger partial charge in [0.05, 0.1) is 10.6 Å². The van der Waals surface area contributed by atoms with Crippen molar-refractivity contribution in [1.29, 1.82) is 0 Å². The maximum Gasteiger partial charge on any atom is 0.266 e. The van der Waals surface area contributed by atoms with Gasteiger partial charge in [0, 0.05) is 10.7 Å². The zero-order chi connectivity index (χ0) is 14.0. The smallest absolute Gasteiger partial charge is 0.266 e. The second kappa shape index (κ2) is 5.44. The van der Waals surface area contributed by atoms with Crippen molar-refractivity contribution in [3.8, 4) is 0 Å². The largest absolute Gasteiger partial charge is 0.320 e. The van der Waals surface area contributed by atoms with Gasteiger partial charge in [-0.3, -0.25) is 4.79 Å². The van der Waals surface area contributed by atoms with Crippen molar-refractivity contribution in [3.05, 3.63) is 45.1 Å². The number of halogens is 1. The predicted octanol–water partition coefficient (Wildman–Crippen LogP) is 3.17. The molecule has 7 heteroatoms. The Morgan fingerprint density at radius 3 is 2.53 bits per heavy atom. The Morgan fingerprint density at radius 2 is 1.95 bits per heavy atom. The summed E-state index contributed by atoms with van der Waals surface area (Å²) < 4.78 is 23.9. The van der Waals surface area contributed by atoms with Crippen LogP contribution in [0.15, 0.2) is 45.1 Å². The fourth-order valence-electron chi connectivity index (χ4n) is 1.53. The maximum atomic E-state index is 12.0. The number of rotatable bonds is 3. The van der Waals surface area contributed by atoms with Crippen LogP contribution in [0.5, 0.6) is 0 Å². The summed E-state index contributed by atoms with van der Waals surface area (Å²) in [5.74, 6) is -0.335. The number of carbonyl (C=O) groups excluding carboxylic acids is 1. The molecule has 0 unspecified atom stereocenters. The first-order valence-corrected chi connectivity index (χ1v) is 8.79. The fourth-order valence-corrected chi connectivity index (χ4v) is 3.82. The molecule has 0 fully saturated rings. The third-order valence-corrected chi connectivity index (χ3v) is 5.35. The Bertz CT molecular complexity index is 722. The average molecular weight is 360 g/mol. The molecule has 1 aromatic carbocycles. The standard InChI is InChI=1S/C12H10BrNO3S2/c1-19(16,17)10-5-3-2-4-9(10)14-12(15)11-8(13)6-7-18-11/h2-7H,1H3,(H,14,15). The van der Waals surface area contributed by atoms with E-state index >= 15 is 0 Å². The van der Waals surface area contributed by atoms with Crippen LogP contribution in [0.1, 0.15) is 9.67 Å². The molecule has 0 aliphatic rings. The predicted molar refractivity (Wildman–Crippen MR) is 79.5 cm³/mol. The third-order valence-electron chi connectivity index (χ3n) is 2.36. The van der Waals surface area contributed by atoms with Crippen molar-refractivity contribution >= 4 is 48.7 Å². The quantitative estimate of drug-likeness (QED) is 0.915. The second-order valence-corrected chi connectivity index (χ2v) is 7.57. The number of anilines is 1. The van der Waals surface area contributed by atoms with Gasteiger partial charge in [-0.15, -0.1) is 11.3 Å². The van der Waals surface area contributed by atoms with Gasteiger partial charge < -0.3 is 5.32 Å². The van der Waals surface area contributed by atoms with E-state index in [4.69, 9.17) is 0 Å². The van der Waals surface area contributed by atoms with Crippen LogP contribution in [-0.2, 0) is 9.84 Å². The van der Waals surface area contributed by atoms with Gasteiger partial charge >= 0.3 is 0 Å². The van der Waals surface area contributed by atoms with Crippen molar-refractivity contribution in [3.63, 3.8) is 0 Å². The molecule has 0 radical (unpaired) electrons. The van der Waals surface area contributed by atoms with Crippen LogP contribution >= 0.6 is 27.3 Å². The van der Waals surface area contributed by atoms with Crippen LogP contribution in [0, 0.1) is 0 Å². The molecular weight excluding hydrogens is 350 g/mol. The fraction of sp³-hybridized carbons (Fsp3) is 0.0833. The van der Waals surface area contributed by atoms with Crippen LogP contribution in [0.4, 0.5) is 5.69 Å². The molecule has 0 atom stereocenters. The van der Waals surface area contributed by atoms with Gasteiger partial charge in [0.25, 0.3) is 5.91 Å². The molecular formula is C12H10BrNO3S2. The lowest BCUT2D eigenvalue weighted by molar-refractivity contribution is 0.102. The molecule has 1 amide bonds. The zero-order valence-electron chi connectivity index (χ0n) is 9.88. The minimum atomic E-state index is -3.38. The van der Waals surface area contributed by atoms with Gasteiger partial charge in [0.15, 0.2) is 9.84 Å². The van der Waals surface area contributed by atoms with Gasteiger partial charge in [0.2, 0.25) is 0 Å². The summed E-state index contributed by atoms with van der Waals surface area (Å²) in [5, 5.41) is 4.40. The Balaban J connectivity index is 2.35. The number of para-hydroxylation sites is 1. The van der Waals surface area contributed by atoms with Crippen molar-refractivity contribution < 1.29 is 13.2 Å². The zero-order valence-corrected chi connectivity index (χ0v) is 13.1. The number of carbonyl (C=O) groups is 1. The summed E-state index contributed by atoms with van der Waals surface area (Å²) in [6.07, 6.45) is 1.11. The van der Waals surface area contributed by atoms with E-state index in [1.54, 1.807) is 29.6 Å². The van der Waals surface area contributed by atoms with Crippen LogP contribution < -0.4 is 5.32 Å². The molecule has 2 aromatic rings. The molecule has 0 saturated heterocycles. The van der Waals surface area contributed by atoms with Gasteiger partial charge in [-0.2, -0.15) is 0 Å². The first kappa shape index (κ1) is 14.2. The molecule has 1 aromatic heterocycles. The van der Waals surface area contributed by atoms with Crippen LogP contribution in [0.3, 0.4) is 0 Å². The number of benzene rings is 1. The highest BCUT2D eigenvalue weighted by molar-refractivity contribution is 9.10.